The summed E-state index contributed by atoms with van der Waals surface area (Å²) in [7, 11) is 0. The van der Waals surface area contributed by atoms with Gasteiger partial charge in [-0.3, -0.25) is 14.9 Å². The highest BCUT2D eigenvalue weighted by Crippen LogP contribution is 2.33. The minimum absolute atomic E-state index is 0.173. The number of rotatable bonds is 4. The van der Waals surface area contributed by atoms with E-state index in [-0.39, 0.29) is 12.5 Å². The molecule has 3 atom stereocenters. The molecule has 9 nitrogen and oxygen atoms in total. The summed E-state index contributed by atoms with van der Waals surface area (Å²) in [5.74, 6) is -0.567. The molecule has 0 bridgehead atoms. The van der Waals surface area contributed by atoms with Gasteiger partial charge in [0.25, 0.3) is 0 Å². The number of hydrazine groups is 1. The predicted octanol–water partition coefficient (Wildman–Crippen LogP) is 0.998. The third-order valence-electron chi connectivity index (χ3n) is 4.32. The number of ether oxygens (including phenoxy) is 1. The molecule has 10 heteroatoms. The first-order valence-electron chi connectivity index (χ1n) is 8.48. The molecule has 2 aliphatic heterocycles. The maximum atomic E-state index is 12.7. The largest absolute Gasteiger partial charge is 0.450 e. The summed E-state index contributed by atoms with van der Waals surface area (Å²) in [5, 5.41) is 13.6. The number of thioether (sulfide) groups is 1. The quantitative estimate of drug-likeness (QED) is 0.599. The van der Waals surface area contributed by atoms with Crippen LogP contribution in [0.1, 0.15) is 30.5 Å². The molecular weight excluding hydrogens is 370 g/mol. The smallest absolute Gasteiger partial charge is 0.413 e. The number of hydrogen-bond donors (Lipinski definition) is 4. The van der Waals surface area contributed by atoms with E-state index < -0.39 is 29.3 Å². The van der Waals surface area contributed by atoms with Gasteiger partial charge in [-0.25, -0.2) is 10.2 Å². The van der Waals surface area contributed by atoms with E-state index >= 15 is 0 Å². The number of anilines is 1. The molecule has 0 aromatic heterocycles. The first kappa shape index (κ1) is 19.0. The third kappa shape index (κ3) is 4.15. The lowest BCUT2D eigenvalue weighted by Crippen LogP contribution is -2.47. The van der Waals surface area contributed by atoms with Crippen LogP contribution in [0.4, 0.5) is 10.5 Å². The zero-order chi connectivity index (χ0) is 19.4. The maximum absolute atomic E-state index is 12.7. The van der Waals surface area contributed by atoms with Crippen LogP contribution in [-0.2, 0) is 14.3 Å². The van der Waals surface area contributed by atoms with Crippen molar-refractivity contribution in [1.29, 1.82) is 5.26 Å². The van der Waals surface area contributed by atoms with Crippen LogP contribution in [-0.4, -0.2) is 35.6 Å². The zero-order valence-electron chi connectivity index (χ0n) is 14.6. The Morgan fingerprint density at radius 3 is 2.93 bits per heavy atom. The number of fused-ring (bicyclic) bond motifs is 1. The lowest BCUT2D eigenvalue weighted by molar-refractivity contribution is -0.126. The van der Waals surface area contributed by atoms with Gasteiger partial charge >= 0.3 is 6.09 Å². The lowest BCUT2D eigenvalue weighted by atomic mass is 10.0. The summed E-state index contributed by atoms with van der Waals surface area (Å²) in [5.41, 5.74) is 7.67. The van der Waals surface area contributed by atoms with Crippen LogP contribution in [0.3, 0.4) is 0 Å². The van der Waals surface area contributed by atoms with Crippen molar-refractivity contribution in [2.75, 3.05) is 17.8 Å². The molecule has 3 rings (SSSR count). The zero-order valence-corrected chi connectivity index (χ0v) is 15.4. The number of amides is 3. The molecular formula is C17H19N5O4S. The van der Waals surface area contributed by atoms with E-state index in [1.165, 1.54) is 11.8 Å². The molecule has 2 heterocycles. The summed E-state index contributed by atoms with van der Waals surface area (Å²) in [6.45, 7) is 1.82. The van der Waals surface area contributed by atoms with Crippen molar-refractivity contribution >= 4 is 35.4 Å². The van der Waals surface area contributed by atoms with Crippen LogP contribution in [0.25, 0.3) is 0 Å². The van der Waals surface area contributed by atoms with Crippen molar-refractivity contribution in [3.8, 4) is 6.07 Å². The van der Waals surface area contributed by atoms with E-state index in [4.69, 9.17) is 10.00 Å². The molecule has 1 aromatic rings. The number of nitrogens with one attached hydrogen (secondary N) is 4. The molecule has 4 N–H and O–H groups in total. The minimum atomic E-state index is -0.784. The Morgan fingerprint density at radius 1 is 1.37 bits per heavy atom. The fourth-order valence-electron chi connectivity index (χ4n) is 3.00. The molecule has 0 radical (unpaired) electrons. The van der Waals surface area contributed by atoms with Crippen LogP contribution in [0.5, 0.6) is 0 Å². The minimum Gasteiger partial charge on any atom is -0.450 e. The second-order valence-corrected chi connectivity index (χ2v) is 7.27. The van der Waals surface area contributed by atoms with Gasteiger partial charge in [0.05, 0.1) is 35.2 Å². The molecule has 3 amide bonds. The van der Waals surface area contributed by atoms with Crippen LogP contribution in [0.2, 0.25) is 0 Å². The van der Waals surface area contributed by atoms with E-state index in [1.54, 1.807) is 25.1 Å². The number of carbonyl (C=O) groups is 3. The highest BCUT2D eigenvalue weighted by Gasteiger charge is 2.38. The highest BCUT2D eigenvalue weighted by atomic mass is 32.2. The number of imide groups is 1. The Balaban J connectivity index is 1.64. The Kier molecular flexibility index (Phi) is 5.83. The number of carbonyl (C=O) groups excluding carboxylic acids is 3. The monoisotopic (exact) mass is 389 g/mol. The van der Waals surface area contributed by atoms with Crippen molar-refractivity contribution in [3.63, 3.8) is 0 Å². The topological polar surface area (TPSA) is 132 Å². The van der Waals surface area contributed by atoms with Crippen molar-refractivity contribution in [1.82, 2.24) is 16.1 Å². The second kappa shape index (κ2) is 8.28. The fraction of sp³-hybridized carbons (Fsp3) is 0.412. The lowest BCUT2D eigenvalue weighted by Gasteiger charge is -2.21. The Labute approximate surface area is 160 Å². The molecule has 2 aliphatic rings. The van der Waals surface area contributed by atoms with Crippen LogP contribution >= 0.6 is 11.8 Å². The van der Waals surface area contributed by atoms with E-state index in [1.807, 2.05) is 6.07 Å². The van der Waals surface area contributed by atoms with Crippen LogP contribution < -0.4 is 21.5 Å². The molecule has 0 spiro atoms. The van der Waals surface area contributed by atoms with Gasteiger partial charge in [0.2, 0.25) is 11.8 Å². The van der Waals surface area contributed by atoms with Gasteiger partial charge in [-0.05, 0) is 31.2 Å². The van der Waals surface area contributed by atoms with Gasteiger partial charge in [0, 0.05) is 5.56 Å². The summed E-state index contributed by atoms with van der Waals surface area (Å²) in [4.78, 5) is 36.4. The number of benzene rings is 1. The van der Waals surface area contributed by atoms with Crippen LogP contribution in [0.15, 0.2) is 18.2 Å². The number of nitriles is 1. The van der Waals surface area contributed by atoms with E-state index in [2.05, 4.69) is 21.5 Å². The van der Waals surface area contributed by atoms with Gasteiger partial charge in [0.15, 0.2) is 0 Å². The van der Waals surface area contributed by atoms with Crippen molar-refractivity contribution in [3.05, 3.63) is 29.3 Å². The Bertz CT molecular complexity index is 809. The van der Waals surface area contributed by atoms with E-state index in [0.717, 1.165) is 5.56 Å². The standard InChI is InChI=1S/C17H19N5O4S/c1-2-26-17(25)20-14(23)11-5-6-27-16(11)19-15(24)13-10-4-3-9(8-18)7-12(10)21-22-13/h3-4,7,11,13,16,21-22H,2,5-6H2,1H3,(H,19,24)(H,20,23,25). The Morgan fingerprint density at radius 2 is 2.19 bits per heavy atom. The van der Waals surface area contributed by atoms with E-state index in [9.17, 15) is 14.4 Å². The fourth-order valence-corrected chi connectivity index (χ4v) is 4.34. The summed E-state index contributed by atoms with van der Waals surface area (Å²) in [6, 6.07) is 6.44. The summed E-state index contributed by atoms with van der Waals surface area (Å²) >= 11 is 1.46. The third-order valence-corrected chi connectivity index (χ3v) is 5.60. The molecule has 142 valence electrons. The average Bonchev–Trinajstić information content (AvgIpc) is 3.27. The van der Waals surface area contributed by atoms with Crippen LogP contribution in [0, 0.1) is 17.2 Å². The predicted molar refractivity (Wildman–Crippen MR) is 98.3 cm³/mol. The average molecular weight is 389 g/mol. The molecule has 0 aliphatic carbocycles. The maximum Gasteiger partial charge on any atom is 0.413 e. The first-order valence-corrected chi connectivity index (χ1v) is 9.53. The second-order valence-electron chi connectivity index (χ2n) is 6.02. The normalized spacial score (nSPS) is 22.9. The van der Waals surface area contributed by atoms with Gasteiger partial charge in [-0.1, -0.05) is 6.07 Å². The molecule has 1 fully saturated rings. The van der Waals surface area contributed by atoms with Crippen molar-refractivity contribution in [2.24, 2.45) is 5.92 Å². The SMILES string of the molecule is CCOC(=O)NC(=O)C1CCSC1NC(=O)C1NNc2cc(C#N)ccc21. The highest BCUT2D eigenvalue weighted by molar-refractivity contribution is 8.00. The molecule has 3 unspecified atom stereocenters. The Hall–Kier alpha value is -2.77. The first-order chi connectivity index (χ1) is 13.0. The van der Waals surface area contributed by atoms with E-state index in [0.29, 0.717) is 23.4 Å². The number of alkyl carbamates (subject to hydrolysis) is 1. The number of nitrogens with zero attached hydrogens (tertiary/aromatic N) is 1. The van der Waals surface area contributed by atoms with Gasteiger partial charge < -0.3 is 15.5 Å². The molecule has 27 heavy (non-hydrogen) atoms. The van der Waals surface area contributed by atoms with Gasteiger partial charge in [0.1, 0.15) is 6.04 Å². The number of hydrogen-bond acceptors (Lipinski definition) is 8. The van der Waals surface area contributed by atoms with Gasteiger partial charge in [-0.2, -0.15) is 5.26 Å². The molecule has 0 saturated carbocycles. The summed E-state index contributed by atoms with van der Waals surface area (Å²) in [6.07, 6.45) is -0.229. The summed E-state index contributed by atoms with van der Waals surface area (Å²) < 4.78 is 4.72. The van der Waals surface area contributed by atoms with Crippen molar-refractivity contribution in [2.45, 2.75) is 24.8 Å². The van der Waals surface area contributed by atoms with Gasteiger partial charge in [-0.15, -0.1) is 11.8 Å². The molecule has 1 aromatic carbocycles. The van der Waals surface area contributed by atoms with Crippen molar-refractivity contribution < 1.29 is 19.1 Å². The molecule has 1 saturated heterocycles.